The smallest absolute Gasteiger partial charge is 0.329 e. The number of ether oxygens (including phenoxy) is 1. The minimum Gasteiger partial charge on any atom is -0.480 e. The van der Waals surface area contributed by atoms with Gasteiger partial charge < -0.3 is 20.1 Å². The van der Waals surface area contributed by atoms with Crippen LogP contribution < -0.4 is 5.32 Å². The maximum Gasteiger partial charge on any atom is 0.329 e. The van der Waals surface area contributed by atoms with Crippen LogP contribution in [0.25, 0.3) is 0 Å². The van der Waals surface area contributed by atoms with E-state index in [1.54, 1.807) is 0 Å². The maximum absolute atomic E-state index is 11.9. The molecule has 2 fully saturated rings. The quantitative estimate of drug-likeness (QED) is 0.749. The third kappa shape index (κ3) is 4.10. The van der Waals surface area contributed by atoms with E-state index in [1.807, 2.05) is 4.90 Å². The first-order chi connectivity index (χ1) is 9.61. The van der Waals surface area contributed by atoms with E-state index in [2.05, 4.69) is 5.32 Å². The minimum atomic E-state index is -0.991. The zero-order valence-electron chi connectivity index (χ0n) is 11.9. The van der Waals surface area contributed by atoms with Crippen molar-refractivity contribution in [3.05, 3.63) is 0 Å². The third-order valence-electron chi connectivity index (χ3n) is 4.52. The number of carboxylic acids is 1. The van der Waals surface area contributed by atoms with Gasteiger partial charge in [-0.15, -0.1) is 0 Å². The molecule has 0 unspecified atom stereocenters. The van der Waals surface area contributed by atoms with Crippen LogP contribution in [0.3, 0.4) is 0 Å². The highest BCUT2D eigenvalue weighted by Crippen LogP contribution is 2.45. The summed E-state index contributed by atoms with van der Waals surface area (Å²) in [7, 11) is 0. The number of carbonyl (C=O) groups excluding carboxylic acids is 1. The fourth-order valence-corrected chi connectivity index (χ4v) is 3.31. The highest BCUT2D eigenvalue weighted by atomic mass is 16.5. The number of piperidine rings is 1. The number of carboxylic acid groups (broad SMARTS) is 1. The van der Waals surface area contributed by atoms with Crippen molar-refractivity contribution in [2.45, 2.75) is 38.5 Å². The lowest BCUT2D eigenvalue weighted by Gasteiger charge is -2.39. The van der Waals surface area contributed by atoms with Crippen molar-refractivity contribution in [1.82, 2.24) is 10.2 Å². The molecule has 2 rings (SSSR count). The van der Waals surface area contributed by atoms with Crippen molar-refractivity contribution in [1.29, 1.82) is 0 Å². The Kier molecular flexibility index (Phi) is 5.23. The fraction of sp³-hybridized carbons (Fsp3) is 0.857. The van der Waals surface area contributed by atoms with E-state index in [1.165, 1.54) is 25.7 Å². The lowest BCUT2D eigenvalue weighted by atomic mass is 9.77. The van der Waals surface area contributed by atoms with Gasteiger partial charge >= 0.3 is 12.0 Å². The van der Waals surface area contributed by atoms with Crippen LogP contribution >= 0.6 is 0 Å². The molecule has 2 aliphatic rings. The summed E-state index contributed by atoms with van der Waals surface area (Å²) in [6.07, 6.45) is 7.57. The largest absolute Gasteiger partial charge is 0.480 e. The van der Waals surface area contributed by atoms with Crippen LogP contribution in [0.2, 0.25) is 0 Å². The summed E-state index contributed by atoms with van der Waals surface area (Å²) in [5, 5.41) is 11.2. The van der Waals surface area contributed by atoms with Gasteiger partial charge in [0.25, 0.3) is 0 Å². The number of hydrogen-bond donors (Lipinski definition) is 2. The molecule has 114 valence electrons. The molecule has 0 radical (unpaired) electrons. The molecule has 1 heterocycles. The molecule has 1 aliphatic carbocycles. The van der Waals surface area contributed by atoms with Crippen LogP contribution in [-0.2, 0) is 9.53 Å². The number of nitrogens with one attached hydrogen (secondary N) is 1. The van der Waals surface area contributed by atoms with E-state index in [-0.39, 0.29) is 19.2 Å². The van der Waals surface area contributed by atoms with Gasteiger partial charge in [-0.25, -0.2) is 9.59 Å². The first-order valence-electron chi connectivity index (χ1n) is 7.44. The van der Waals surface area contributed by atoms with Gasteiger partial charge in [0.05, 0.1) is 6.61 Å². The topological polar surface area (TPSA) is 78.9 Å². The van der Waals surface area contributed by atoms with E-state index in [0.717, 1.165) is 25.9 Å². The number of nitrogens with zero attached hydrogens (tertiary/aromatic N) is 1. The highest BCUT2D eigenvalue weighted by molar-refractivity contribution is 5.74. The molecule has 1 saturated carbocycles. The number of amides is 2. The summed E-state index contributed by atoms with van der Waals surface area (Å²) < 4.78 is 4.88. The summed E-state index contributed by atoms with van der Waals surface area (Å²) in [5.74, 6) is -0.991. The molecule has 0 atom stereocenters. The molecule has 6 heteroatoms. The van der Waals surface area contributed by atoms with Crippen molar-refractivity contribution in [2.24, 2.45) is 5.41 Å². The van der Waals surface area contributed by atoms with Gasteiger partial charge in [-0.1, -0.05) is 12.8 Å². The molecule has 20 heavy (non-hydrogen) atoms. The molecule has 2 amide bonds. The van der Waals surface area contributed by atoms with Gasteiger partial charge in [0.15, 0.2) is 0 Å². The van der Waals surface area contributed by atoms with E-state index in [0.29, 0.717) is 12.0 Å². The van der Waals surface area contributed by atoms with E-state index in [9.17, 15) is 9.59 Å². The Morgan fingerprint density at radius 3 is 2.40 bits per heavy atom. The van der Waals surface area contributed by atoms with E-state index < -0.39 is 5.97 Å². The van der Waals surface area contributed by atoms with Crippen molar-refractivity contribution < 1.29 is 19.4 Å². The average Bonchev–Trinajstić information content (AvgIpc) is 2.87. The summed E-state index contributed by atoms with van der Waals surface area (Å²) in [4.78, 5) is 24.0. The SMILES string of the molecule is O=C(O)COCCNC(=O)N1CCC2(CCCC2)CC1. The second kappa shape index (κ2) is 6.92. The molecule has 1 aliphatic heterocycles. The first kappa shape index (κ1) is 15.1. The lowest BCUT2D eigenvalue weighted by Crippen LogP contribution is -2.47. The molecule has 6 nitrogen and oxygen atoms in total. The van der Waals surface area contributed by atoms with Crippen LogP contribution in [-0.4, -0.2) is 54.9 Å². The number of aliphatic carboxylic acids is 1. The molecule has 0 aromatic carbocycles. The normalized spacial score (nSPS) is 21.1. The zero-order valence-corrected chi connectivity index (χ0v) is 11.9. The van der Waals surface area contributed by atoms with Crippen LogP contribution in [0.4, 0.5) is 4.79 Å². The molecular weight excluding hydrogens is 260 g/mol. The van der Waals surface area contributed by atoms with Crippen LogP contribution in [0.5, 0.6) is 0 Å². The second-order valence-electron chi connectivity index (χ2n) is 5.87. The number of carbonyl (C=O) groups is 2. The Morgan fingerprint density at radius 2 is 1.80 bits per heavy atom. The number of rotatable bonds is 5. The van der Waals surface area contributed by atoms with E-state index in [4.69, 9.17) is 9.84 Å². The minimum absolute atomic E-state index is 0.0585. The van der Waals surface area contributed by atoms with Crippen molar-refractivity contribution >= 4 is 12.0 Å². The third-order valence-corrected chi connectivity index (χ3v) is 4.52. The molecule has 2 N–H and O–H groups in total. The van der Waals surface area contributed by atoms with Crippen LogP contribution in [0, 0.1) is 5.41 Å². The number of likely N-dealkylation sites (tertiary alicyclic amines) is 1. The Balaban J connectivity index is 1.61. The summed E-state index contributed by atoms with van der Waals surface area (Å²) >= 11 is 0. The molecule has 1 spiro atoms. The van der Waals surface area contributed by atoms with Crippen molar-refractivity contribution in [3.63, 3.8) is 0 Å². The molecule has 0 aromatic heterocycles. The van der Waals surface area contributed by atoms with Crippen LogP contribution in [0.15, 0.2) is 0 Å². The Bertz CT molecular complexity index is 343. The summed E-state index contributed by atoms with van der Waals surface area (Å²) in [6.45, 7) is 1.94. The summed E-state index contributed by atoms with van der Waals surface area (Å²) in [5.41, 5.74) is 0.515. The fourth-order valence-electron chi connectivity index (χ4n) is 3.31. The van der Waals surface area contributed by atoms with Gasteiger partial charge in [0.2, 0.25) is 0 Å². The second-order valence-corrected chi connectivity index (χ2v) is 5.87. The molecule has 0 aromatic rings. The molecule has 1 saturated heterocycles. The van der Waals surface area contributed by atoms with Gasteiger partial charge in [0, 0.05) is 19.6 Å². The Labute approximate surface area is 119 Å². The monoisotopic (exact) mass is 284 g/mol. The molecule has 0 bridgehead atoms. The van der Waals surface area contributed by atoms with Gasteiger partial charge in [-0.05, 0) is 31.1 Å². The standard InChI is InChI=1S/C14H24N2O4/c17-12(18)11-20-10-7-15-13(19)16-8-5-14(6-9-16)3-1-2-4-14/h1-11H2,(H,15,19)(H,17,18). The highest BCUT2D eigenvalue weighted by Gasteiger charge is 2.37. The van der Waals surface area contributed by atoms with Crippen molar-refractivity contribution in [2.75, 3.05) is 32.8 Å². The number of hydrogen-bond acceptors (Lipinski definition) is 3. The first-order valence-corrected chi connectivity index (χ1v) is 7.44. The Hall–Kier alpha value is -1.30. The zero-order chi connectivity index (χ0) is 14.4. The van der Waals surface area contributed by atoms with E-state index >= 15 is 0 Å². The predicted molar refractivity (Wildman–Crippen MR) is 73.6 cm³/mol. The lowest BCUT2D eigenvalue weighted by molar-refractivity contribution is -0.142. The molecular formula is C14H24N2O4. The summed E-state index contributed by atoms with van der Waals surface area (Å²) in [6, 6.07) is -0.0585. The van der Waals surface area contributed by atoms with Gasteiger partial charge in [-0.3, -0.25) is 0 Å². The maximum atomic E-state index is 11.9. The predicted octanol–water partition coefficient (Wildman–Crippen LogP) is 1.45. The van der Waals surface area contributed by atoms with Gasteiger partial charge in [0.1, 0.15) is 6.61 Å². The van der Waals surface area contributed by atoms with Crippen molar-refractivity contribution in [3.8, 4) is 0 Å². The average molecular weight is 284 g/mol. The Morgan fingerprint density at radius 1 is 1.15 bits per heavy atom. The van der Waals surface area contributed by atoms with Crippen LogP contribution in [0.1, 0.15) is 38.5 Å². The number of urea groups is 1. The van der Waals surface area contributed by atoms with Gasteiger partial charge in [-0.2, -0.15) is 0 Å².